The topological polar surface area (TPSA) is 333 Å². The smallest absolute Gasteiger partial charge is 0.176 e. The van der Waals surface area contributed by atoms with Crippen molar-refractivity contribution < 1.29 is 59.1 Å². The summed E-state index contributed by atoms with van der Waals surface area (Å²) in [4.78, 5) is 0. The van der Waals surface area contributed by atoms with Gasteiger partial charge in [-0.15, -0.1) is 0 Å². The molecule has 0 radical (unpaired) electrons. The number of hydrogen-bond acceptors (Lipinski definition) is 18. The van der Waals surface area contributed by atoms with Crippen LogP contribution in [0.2, 0.25) is 0 Å². The van der Waals surface area contributed by atoms with E-state index in [2.05, 4.69) is 0 Å². The summed E-state index contributed by atoms with van der Waals surface area (Å²) < 4.78 is 34.4. The molecule has 18 N–H and O–H groups in total. The molecule has 6 aliphatic rings. The van der Waals surface area contributed by atoms with Gasteiger partial charge in [0.05, 0.1) is 36.5 Å². The van der Waals surface area contributed by atoms with Crippen molar-refractivity contribution >= 4 is 0 Å². The highest BCUT2D eigenvalue weighted by atomic mass is 16.7. The quantitative estimate of drug-likeness (QED) is 0.123. The third-order valence-electron chi connectivity index (χ3n) is 10.9. The van der Waals surface area contributed by atoms with E-state index in [1.807, 2.05) is 13.8 Å². The largest absolute Gasteiger partial charge is 0.388 e. The Hall–Kier alpha value is -0.720. The van der Waals surface area contributed by atoms with Crippen molar-refractivity contribution in [2.75, 3.05) is 13.1 Å². The van der Waals surface area contributed by atoms with Gasteiger partial charge < -0.3 is 93.5 Å². The van der Waals surface area contributed by atoms with Crippen molar-refractivity contribution in [3.63, 3.8) is 0 Å². The summed E-state index contributed by atoms with van der Waals surface area (Å²) >= 11 is 0. The van der Waals surface area contributed by atoms with Crippen LogP contribution < -0.4 is 34.4 Å². The fraction of sp³-hybridized carbons (Fsp3) is 1.00. The first-order valence-corrected chi connectivity index (χ1v) is 17.1. The molecule has 6 rings (SSSR count). The molecule has 48 heavy (non-hydrogen) atoms. The summed E-state index contributed by atoms with van der Waals surface area (Å²) in [6.07, 6.45) is -9.15. The van der Waals surface area contributed by atoms with Gasteiger partial charge in [0.2, 0.25) is 0 Å². The number of fused-ring (bicyclic) bond motifs is 2. The molecule has 4 heterocycles. The van der Waals surface area contributed by atoms with E-state index in [0.29, 0.717) is 12.8 Å². The number of aliphatic hydroxyl groups is 6. The Kier molecular flexibility index (Phi) is 12.7. The SMILES string of the molecule is CC1CC2CC(N)C(OC3OC(CN)C(O)C(O)C3N)C(O)C2O1.CC1CC2CC(N)C(OC3OC(CN)C(O)C(O)C3N)C(O)C2O1. The minimum absolute atomic E-state index is 0.00933. The molecule has 0 spiro atoms. The molecule has 0 amide bonds. The fourth-order valence-electron chi connectivity index (χ4n) is 8.23. The van der Waals surface area contributed by atoms with E-state index in [0.717, 1.165) is 12.8 Å². The Bertz CT molecular complexity index is 961. The van der Waals surface area contributed by atoms with Crippen LogP contribution >= 0.6 is 0 Å². The molecule has 18 nitrogen and oxygen atoms in total. The first-order valence-electron chi connectivity index (χ1n) is 17.1. The van der Waals surface area contributed by atoms with E-state index < -0.39 is 97.8 Å². The van der Waals surface area contributed by atoms with Gasteiger partial charge in [0, 0.05) is 25.2 Å². The van der Waals surface area contributed by atoms with Gasteiger partial charge in [-0.1, -0.05) is 0 Å². The maximum atomic E-state index is 10.6. The highest BCUT2D eigenvalue weighted by Crippen LogP contribution is 2.40. The van der Waals surface area contributed by atoms with Crippen molar-refractivity contribution in [2.24, 2.45) is 46.2 Å². The van der Waals surface area contributed by atoms with Gasteiger partial charge in [-0.25, -0.2) is 0 Å². The molecule has 18 heteroatoms. The zero-order chi connectivity index (χ0) is 35.2. The van der Waals surface area contributed by atoms with Gasteiger partial charge in [0.15, 0.2) is 12.6 Å². The van der Waals surface area contributed by atoms with Gasteiger partial charge in [0.25, 0.3) is 0 Å². The standard InChI is InChI=1S/2C15H29N3O6/c2*1-5-2-6-3-7(17)14(12(21)13(6)22-5)24-15-9(18)11(20)10(19)8(4-16)23-15/h2*5-15,19-21H,2-4,16-18H2,1H3. The molecule has 4 aliphatic heterocycles. The third-order valence-corrected chi connectivity index (χ3v) is 10.9. The van der Waals surface area contributed by atoms with Gasteiger partial charge in [-0.3, -0.25) is 0 Å². The lowest BCUT2D eigenvalue weighted by atomic mass is 9.79. The molecule has 0 aromatic rings. The highest BCUT2D eigenvalue weighted by Gasteiger charge is 2.53. The summed E-state index contributed by atoms with van der Waals surface area (Å²) in [6.45, 7) is 3.96. The zero-order valence-corrected chi connectivity index (χ0v) is 27.5. The van der Waals surface area contributed by atoms with Crippen molar-refractivity contribution in [3.05, 3.63) is 0 Å². The molecule has 6 fully saturated rings. The summed E-state index contributed by atoms with van der Waals surface area (Å²) in [5, 5.41) is 61.2. The molecule has 2 saturated carbocycles. The first-order chi connectivity index (χ1) is 22.7. The summed E-state index contributed by atoms with van der Waals surface area (Å²) in [5.41, 5.74) is 35.3. The molecule has 0 aromatic carbocycles. The van der Waals surface area contributed by atoms with Crippen molar-refractivity contribution in [1.82, 2.24) is 0 Å². The minimum atomic E-state index is -1.23. The molecule has 280 valence electrons. The summed E-state index contributed by atoms with van der Waals surface area (Å²) in [7, 11) is 0. The molecule has 0 aromatic heterocycles. The van der Waals surface area contributed by atoms with Crippen molar-refractivity contribution in [2.45, 2.75) is 162 Å². The molecule has 0 bridgehead atoms. The molecule has 22 atom stereocenters. The van der Waals surface area contributed by atoms with E-state index in [4.69, 9.17) is 62.8 Å². The Morgan fingerprint density at radius 3 is 1.21 bits per heavy atom. The zero-order valence-electron chi connectivity index (χ0n) is 27.5. The van der Waals surface area contributed by atoms with Crippen molar-refractivity contribution in [3.8, 4) is 0 Å². The predicted molar refractivity (Wildman–Crippen MR) is 167 cm³/mol. The minimum Gasteiger partial charge on any atom is -0.388 e. The molecular formula is C30H58N6O12. The van der Waals surface area contributed by atoms with Crippen LogP contribution in [0.15, 0.2) is 0 Å². The average molecular weight is 695 g/mol. The van der Waals surface area contributed by atoms with Crippen LogP contribution in [-0.4, -0.2) is 166 Å². The van der Waals surface area contributed by atoms with Crippen LogP contribution in [0.3, 0.4) is 0 Å². The monoisotopic (exact) mass is 694 g/mol. The van der Waals surface area contributed by atoms with Gasteiger partial charge in [0.1, 0.15) is 61.0 Å². The van der Waals surface area contributed by atoms with Gasteiger partial charge in [-0.05, 0) is 51.4 Å². The van der Waals surface area contributed by atoms with Crippen LogP contribution in [0.1, 0.15) is 39.5 Å². The van der Waals surface area contributed by atoms with E-state index in [-0.39, 0.29) is 49.3 Å². The fourth-order valence-corrected chi connectivity index (χ4v) is 8.23. The Labute approximate surface area is 280 Å². The highest BCUT2D eigenvalue weighted by molar-refractivity contribution is 5.03. The van der Waals surface area contributed by atoms with Crippen LogP contribution in [0.5, 0.6) is 0 Å². The lowest BCUT2D eigenvalue weighted by Crippen LogP contribution is -2.66. The Balaban J connectivity index is 0.000000188. The first kappa shape index (κ1) is 38.5. The number of aliphatic hydroxyl groups excluding tert-OH is 6. The van der Waals surface area contributed by atoms with Crippen LogP contribution in [-0.2, 0) is 28.4 Å². The molecule has 4 saturated heterocycles. The number of rotatable bonds is 6. The van der Waals surface area contributed by atoms with E-state index in [9.17, 15) is 30.6 Å². The maximum absolute atomic E-state index is 10.6. The van der Waals surface area contributed by atoms with Gasteiger partial charge in [-0.2, -0.15) is 0 Å². The molecule has 22 unspecified atom stereocenters. The summed E-state index contributed by atoms with van der Waals surface area (Å²) in [6, 6.07) is -2.73. The normalized spacial score (nSPS) is 55.4. The molecule has 2 aliphatic carbocycles. The average Bonchev–Trinajstić information content (AvgIpc) is 3.62. The third kappa shape index (κ3) is 7.71. The Morgan fingerprint density at radius 1 is 0.521 bits per heavy atom. The predicted octanol–water partition coefficient (Wildman–Crippen LogP) is -6.02. The van der Waals surface area contributed by atoms with E-state index in [1.54, 1.807) is 0 Å². The van der Waals surface area contributed by atoms with Crippen LogP contribution in [0.4, 0.5) is 0 Å². The number of hydrogen-bond donors (Lipinski definition) is 12. The molecular weight excluding hydrogens is 636 g/mol. The number of nitrogens with two attached hydrogens (primary N) is 6. The van der Waals surface area contributed by atoms with E-state index in [1.165, 1.54) is 0 Å². The second-order valence-corrected chi connectivity index (χ2v) is 14.5. The van der Waals surface area contributed by atoms with Crippen molar-refractivity contribution in [1.29, 1.82) is 0 Å². The second kappa shape index (κ2) is 15.9. The lowest BCUT2D eigenvalue weighted by molar-refractivity contribution is -0.289. The van der Waals surface area contributed by atoms with Gasteiger partial charge >= 0.3 is 0 Å². The van der Waals surface area contributed by atoms with E-state index >= 15 is 0 Å². The number of ether oxygens (including phenoxy) is 6. The second-order valence-electron chi connectivity index (χ2n) is 14.5. The lowest BCUT2D eigenvalue weighted by Gasteiger charge is -2.45. The summed E-state index contributed by atoms with van der Waals surface area (Å²) in [5.74, 6) is 0.407. The maximum Gasteiger partial charge on any atom is 0.176 e. The van der Waals surface area contributed by atoms with Crippen LogP contribution in [0.25, 0.3) is 0 Å². The van der Waals surface area contributed by atoms with Crippen LogP contribution in [0, 0.1) is 11.8 Å². The Morgan fingerprint density at radius 2 is 0.875 bits per heavy atom.